The minimum absolute atomic E-state index is 0.170. The molecule has 3 rings (SSSR count). The molecule has 1 aromatic carbocycles. The van der Waals surface area contributed by atoms with E-state index in [1.807, 2.05) is 37.4 Å². The number of hydrogen-bond acceptors (Lipinski definition) is 4. The van der Waals surface area contributed by atoms with Crippen LogP contribution in [0.1, 0.15) is 27.4 Å². The highest BCUT2D eigenvalue weighted by Gasteiger charge is 2.17. The Kier molecular flexibility index (Phi) is 3.75. The second-order valence-corrected chi connectivity index (χ2v) is 5.76. The summed E-state index contributed by atoms with van der Waals surface area (Å²) in [6.45, 7) is 4.47. The van der Waals surface area contributed by atoms with Gasteiger partial charge in [0.1, 0.15) is 5.58 Å². The van der Waals surface area contributed by atoms with Crippen LogP contribution in [0.2, 0.25) is 0 Å². The molecule has 0 aliphatic heterocycles. The van der Waals surface area contributed by atoms with E-state index in [9.17, 15) is 4.79 Å². The van der Waals surface area contributed by atoms with Gasteiger partial charge >= 0.3 is 0 Å². The van der Waals surface area contributed by atoms with Crippen molar-refractivity contribution in [2.75, 3.05) is 6.54 Å². The molecular formula is C16H16N2O2S. The van der Waals surface area contributed by atoms with Gasteiger partial charge in [-0.3, -0.25) is 4.79 Å². The van der Waals surface area contributed by atoms with Crippen LogP contribution in [0.3, 0.4) is 0 Å². The van der Waals surface area contributed by atoms with Crippen molar-refractivity contribution < 1.29 is 9.21 Å². The molecule has 1 N–H and O–H groups in total. The summed E-state index contributed by atoms with van der Waals surface area (Å²) in [7, 11) is 0. The Bertz CT molecular complexity index is 775. The van der Waals surface area contributed by atoms with E-state index < -0.39 is 0 Å². The molecule has 2 aromatic heterocycles. The number of nitrogens with one attached hydrogen (secondary N) is 1. The highest BCUT2D eigenvalue weighted by Crippen LogP contribution is 2.25. The summed E-state index contributed by atoms with van der Waals surface area (Å²) in [6.07, 6.45) is 0.730. The van der Waals surface area contributed by atoms with Crippen LogP contribution in [0.5, 0.6) is 0 Å². The van der Waals surface area contributed by atoms with Crippen LogP contribution in [0.4, 0.5) is 0 Å². The predicted molar refractivity (Wildman–Crippen MR) is 83.8 cm³/mol. The fraction of sp³-hybridized carbons (Fsp3) is 0.250. The number of fused-ring (bicyclic) bond motifs is 1. The first-order valence-electron chi connectivity index (χ1n) is 6.80. The van der Waals surface area contributed by atoms with Crippen molar-refractivity contribution in [1.82, 2.24) is 10.3 Å². The average molecular weight is 300 g/mol. The molecule has 108 valence electrons. The van der Waals surface area contributed by atoms with Gasteiger partial charge < -0.3 is 9.73 Å². The summed E-state index contributed by atoms with van der Waals surface area (Å²) in [5.41, 5.74) is 5.56. The van der Waals surface area contributed by atoms with Gasteiger partial charge in [0.15, 0.2) is 5.76 Å². The van der Waals surface area contributed by atoms with Crippen LogP contribution >= 0.6 is 11.3 Å². The Labute approximate surface area is 126 Å². The maximum absolute atomic E-state index is 12.2. The van der Waals surface area contributed by atoms with E-state index in [0.717, 1.165) is 34.2 Å². The Balaban J connectivity index is 1.73. The second kappa shape index (κ2) is 5.69. The van der Waals surface area contributed by atoms with Crippen molar-refractivity contribution >= 4 is 28.2 Å². The average Bonchev–Trinajstić information content (AvgIpc) is 3.07. The smallest absolute Gasteiger partial charge is 0.287 e. The standard InChI is InChI=1S/C16H16N2O2S/c1-10-3-4-13-11(2)15(20-14(13)7-10)16(19)17-6-5-12-8-21-9-18-12/h3-4,7-9H,5-6H2,1-2H3,(H,17,19). The predicted octanol–water partition coefficient (Wildman–Crippen LogP) is 3.48. The highest BCUT2D eigenvalue weighted by atomic mass is 32.1. The molecule has 0 aliphatic rings. The lowest BCUT2D eigenvalue weighted by Gasteiger charge is -2.02. The molecule has 1 amide bonds. The van der Waals surface area contributed by atoms with Crippen molar-refractivity contribution in [3.63, 3.8) is 0 Å². The third kappa shape index (κ3) is 2.83. The number of thiazole rings is 1. The third-order valence-electron chi connectivity index (χ3n) is 3.45. The molecule has 3 aromatic rings. The Morgan fingerprint density at radius 1 is 1.38 bits per heavy atom. The van der Waals surface area contributed by atoms with Crippen LogP contribution in [-0.2, 0) is 6.42 Å². The first kappa shape index (κ1) is 13.8. The summed E-state index contributed by atoms with van der Waals surface area (Å²) in [6, 6.07) is 5.97. The first-order valence-corrected chi connectivity index (χ1v) is 7.74. The lowest BCUT2D eigenvalue weighted by atomic mass is 10.1. The quantitative estimate of drug-likeness (QED) is 0.802. The minimum atomic E-state index is -0.170. The summed E-state index contributed by atoms with van der Waals surface area (Å²) >= 11 is 1.56. The number of furan rings is 1. The first-order chi connectivity index (χ1) is 10.1. The summed E-state index contributed by atoms with van der Waals surface area (Å²) in [5, 5.41) is 5.86. The van der Waals surface area contributed by atoms with Crippen molar-refractivity contribution in [2.45, 2.75) is 20.3 Å². The van der Waals surface area contributed by atoms with Gasteiger partial charge in [0, 0.05) is 29.3 Å². The number of rotatable bonds is 4. The summed E-state index contributed by atoms with van der Waals surface area (Å²) in [5.74, 6) is 0.227. The fourth-order valence-corrected chi connectivity index (χ4v) is 2.89. The summed E-state index contributed by atoms with van der Waals surface area (Å²) in [4.78, 5) is 16.4. The van der Waals surface area contributed by atoms with Gasteiger partial charge in [-0.25, -0.2) is 4.98 Å². The molecule has 5 heteroatoms. The Morgan fingerprint density at radius 2 is 2.24 bits per heavy atom. The van der Waals surface area contributed by atoms with Gasteiger partial charge in [0.25, 0.3) is 5.91 Å². The topological polar surface area (TPSA) is 55.1 Å². The molecule has 0 radical (unpaired) electrons. The van der Waals surface area contributed by atoms with Crippen molar-refractivity contribution in [2.24, 2.45) is 0 Å². The van der Waals surface area contributed by atoms with Crippen LogP contribution in [-0.4, -0.2) is 17.4 Å². The monoisotopic (exact) mass is 300 g/mol. The number of aryl methyl sites for hydroxylation is 2. The number of carbonyl (C=O) groups excluding carboxylic acids is 1. The van der Waals surface area contributed by atoms with Crippen molar-refractivity contribution in [3.05, 3.63) is 51.7 Å². The minimum Gasteiger partial charge on any atom is -0.451 e. The molecule has 0 fully saturated rings. The zero-order chi connectivity index (χ0) is 14.8. The molecule has 0 atom stereocenters. The molecule has 0 saturated heterocycles. The van der Waals surface area contributed by atoms with E-state index in [0.29, 0.717) is 12.3 Å². The van der Waals surface area contributed by atoms with E-state index in [1.54, 1.807) is 16.8 Å². The normalized spacial score (nSPS) is 11.0. The van der Waals surface area contributed by atoms with Gasteiger partial charge in [-0.15, -0.1) is 11.3 Å². The number of benzene rings is 1. The zero-order valence-corrected chi connectivity index (χ0v) is 12.8. The van der Waals surface area contributed by atoms with E-state index in [-0.39, 0.29) is 5.91 Å². The lowest BCUT2D eigenvalue weighted by Crippen LogP contribution is -2.25. The van der Waals surface area contributed by atoms with E-state index in [1.165, 1.54) is 0 Å². The second-order valence-electron chi connectivity index (χ2n) is 5.04. The van der Waals surface area contributed by atoms with Gasteiger partial charge in [-0.05, 0) is 25.5 Å². The van der Waals surface area contributed by atoms with Crippen molar-refractivity contribution in [3.8, 4) is 0 Å². The zero-order valence-electron chi connectivity index (χ0n) is 12.0. The van der Waals surface area contributed by atoms with Gasteiger partial charge in [0.05, 0.1) is 11.2 Å². The molecule has 0 spiro atoms. The van der Waals surface area contributed by atoms with E-state index >= 15 is 0 Å². The maximum atomic E-state index is 12.2. The maximum Gasteiger partial charge on any atom is 0.287 e. The largest absolute Gasteiger partial charge is 0.451 e. The SMILES string of the molecule is Cc1ccc2c(C)c(C(=O)NCCc3cscn3)oc2c1. The highest BCUT2D eigenvalue weighted by molar-refractivity contribution is 7.07. The Hall–Kier alpha value is -2.14. The fourth-order valence-electron chi connectivity index (χ4n) is 2.29. The Morgan fingerprint density at radius 3 is 3.00 bits per heavy atom. The molecule has 0 aliphatic carbocycles. The number of hydrogen-bond donors (Lipinski definition) is 1. The number of aromatic nitrogens is 1. The van der Waals surface area contributed by atoms with Crippen LogP contribution in [0.25, 0.3) is 11.0 Å². The molecule has 21 heavy (non-hydrogen) atoms. The molecular weight excluding hydrogens is 284 g/mol. The molecule has 0 saturated carbocycles. The van der Waals surface area contributed by atoms with Crippen molar-refractivity contribution in [1.29, 1.82) is 0 Å². The molecule has 0 unspecified atom stereocenters. The molecule has 2 heterocycles. The van der Waals surface area contributed by atoms with E-state index in [4.69, 9.17) is 4.42 Å². The van der Waals surface area contributed by atoms with E-state index in [2.05, 4.69) is 10.3 Å². The summed E-state index contributed by atoms with van der Waals surface area (Å²) < 4.78 is 5.70. The van der Waals surface area contributed by atoms with Crippen LogP contribution in [0, 0.1) is 13.8 Å². The van der Waals surface area contributed by atoms with Gasteiger partial charge in [0.2, 0.25) is 0 Å². The van der Waals surface area contributed by atoms with Crippen LogP contribution < -0.4 is 5.32 Å². The van der Waals surface area contributed by atoms with Gasteiger partial charge in [-0.2, -0.15) is 0 Å². The lowest BCUT2D eigenvalue weighted by molar-refractivity contribution is 0.0927. The number of nitrogens with zero attached hydrogens (tertiary/aromatic N) is 1. The van der Waals surface area contributed by atoms with Crippen LogP contribution in [0.15, 0.2) is 33.5 Å². The van der Waals surface area contributed by atoms with Gasteiger partial charge in [-0.1, -0.05) is 12.1 Å². The number of amides is 1. The molecule has 0 bridgehead atoms. The third-order valence-corrected chi connectivity index (χ3v) is 4.09. The number of carbonyl (C=O) groups is 1. The molecule has 4 nitrogen and oxygen atoms in total.